The van der Waals surface area contributed by atoms with Gasteiger partial charge in [-0.25, -0.2) is 9.67 Å². The monoisotopic (exact) mass is 387 g/mol. The minimum absolute atomic E-state index is 0.0552. The summed E-state index contributed by atoms with van der Waals surface area (Å²) in [5, 5.41) is 0.196. The highest BCUT2D eigenvalue weighted by Gasteiger charge is 2.35. The molecule has 0 aliphatic rings. The quantitative estimate of drug-likeness (QED) is 0.546. The molecule has 0 saturated carbocycles. The van der Waals surface area contributed by atoms with Crippen LogP contribution in [0.15, 0.2) is 23.4 Å². The molecular weight excluding hydrogens is 377 g/mol. The van der Waals surface area contributed by atoms with Gasteiger partial charge < -0.3 is 4.74 Å². The van der Waals surface area contributed by atoms with E-state index in [0.29, 0.717) is 6.92 Å². The van der Waals surface area contributed by atoms with Crippen LogP contribution in [0.3, 0.4) is 0 Å². The van der Waals surface area contributed by atoms with Crippen molar-refractivity contribution in [3.8, 4) is 5.82 Å². The second kappa shape index (κ2) is 6.85. The molecule has 0 atom stereocenters. The van der Waals surface area contributed by atoms with Gasteiger partial charge in [-0.1, -0.05) is 11.6 Å². The van der Waals surface area contributed by atoms with Gasteiger partial charge in [0.25, 0.3) is 5.25 Å². The molecule has 0 saturated heterocycles. The summed E-state index contributed by atoms with van der Waals surface area (Å²) in [7, 11) is 1.34. The summed E-state index contributed by atoms with van der Waals surface area (Å²) in [5.74, 6) is -0.310. The molecule has 11 heteroatoms. The highest BCUT2D eigenvalue weighted by Crippen LogP contribution is 2.39. The zero-order chi connectivity index (χ0) is 18.1. The maximum absolute atomic E-state index is 13.2. The van der Waals surface area contributed by atoms with E-state index in [-0.39, 0.29) is 34.8 Å². The van der Waals surface area contributed by atoms with E-state index >= 15 is 0 Å². The van der Waals surface area contributed by atoms with Gasteiger partial charge in [0, 0.05) is 26.4 Å². The van der Waals surface area contributed by atoms with E-state index in [0.717, 1.165) is 23.1 Å². The van der Waals surface area contributed by atoms with E-state index < -0.39 is 22.0 Å². The Morgan fingerprint density at radius 3 is 2.50 bits per heavy atom. The van der Waals surface area contributed by atoms with E-state index in [1.54, 1.807) is 0 Å². The van der Waals surface area contributed by atoms with Crippen LogP contribution in [0.5, 0.6) is 0 Å². The molecule has 0 bridgehead atoms. The number of thioether (sulfide) groups is 1. The summed E-state index contributed by atoms with van der Waals surface area (Å²) < 4.78 is 71.0. The minimum Gasteiger partial charge on any atom is -0.378 e. The first-order valence-electron chi connectivity index (χ1n) is 6.39. The number of halogens is 6. The molecule has 0 N–H and O–H groups in total. The van der Waals surface area contributed by atoms with Gasteiger partial charge in [0.2, 0.25) is 0 Å². The fourth-order valence-electron chi connectivity index (χ4n) is 1.83. The van der Waals surface area contributed by atoms with Crippen LogP contribution in [0.25, 0.3) is 5.82 Å². The Kier molecular flexibility index (Phi) is 5.41. The van der Waals surface area contributed by atoms with Gasteiger partial charge >= 0.3 is 6.18 Å². The standard InChI is InChI=1S/C13H11ClF5N3OS/c1-12(15,16)24-9-5-22(21-8(9)6-23-2)11-10(14)7(3-4-20-11)13(17,18)19/h3-5H,6H2,1-2H3. The molecule has 0 fully saturated rings. The van der Waals surface area contributed by atoms with Gasteiger partial charge in [0.1, 0.15) is 5.69 Å². The predicted octanol–water partition coefficient (Wildman–Crippen LogP) is 4.79. The molecule has 0 unspecified atom stereocenters. The first kappa shape index (κ1) is 18.9. The zero-order valence-corrected chi connectivity index (χ0v) is 13.9. The summed E-state index contributed by atoms with van der Waals surface area (Å²) >= 11 is 5.98. The van der Waals surface area contributed by atoms with Gasteiger partial charge in [0.15, 0.2) is 5.82 Å². The molecule has 2 rings (SSSR count). The number of rotatable bonds is 5. The Labute approximate surface area is 143 Å². The summed E-state index contributed by atoms with van der Waals surface area (Å²) in [5.41, 5.74) is -0.952. The van der Waals surface area contributed by atoms with Crippen molar-refractivity contribution in [2.24, 2.45) is 0 Å². The van der Waals surface area contributed by atoms with Crippen molar-refractivity contribution in [3.05, 3.63) is 34.7 Å². The zero-order valence-electron chi connectivity index (χ0n) is 12.4. The maximum Gasteiger partial charge on any atom is 0.418 e. The molecule has 0 amide bonds. The molecule has 0 spiro atoms. The first-order chi connectivity index (χ1) is 11.0. The van der Waals surface area contributed by atoms with Crippen LogP contribution >= 0.6 is 23.4 Å². The van der Waals surface area contributed by atoms with Crippen molar-refractivity contribution < 1.29 is 26.7 Å². The SMILES string of the molecule is COCc1nn(-c2nccc(C(F)(F)F)c2Cl)cc1SC(C)(F)F. The Morgan fingerprint density at radius 2 is 1.96 bits per heavy atom. The van der Waals surface area contributed by atoms with Crippen molar-refractivity contribution in [2.75, 3.05) is 7.11 Å². The number of hydrogen-bond acceptors (Lipinski definition) is 4. The minimum atomic E-state index is -4.68. The molecular formula is C13H11ClF5N3OS. The van der Waals surface area contributed by atoms with Crippen molar-refractivity contribution in [1.29, 1.82) is 0 Å². The predicted molar refractivity (Wildman–Crippen MR) is 78.6 cm³/mol. The summed E-state index contributed by atoms with van der Waals surface area (Å²) in [4.78, 5) is 3.82. The van der Waals surface area contributed by atoms with Crippen LogP contribution in [0.1, 0.15) is 18.2 Å². The number of alkyl halides is 5. The molecule has 2 heterocycles. The van der Waals surface area contributed by atoms with Gasteiger partial charge in [-0.3, -0.25) is 0 Å². The van der Waals surface area contributed by atoms with Gasteiger partial charge in [-0.2, -0.15) is 27.1 Å². The third-order valence-corrected chi connectivity index (χ3v) is 4.01. The Balaban J connectivity index is 2.52. The van der Waals surface area contributed by atoms with Crippen molar-refractivity contribution in [3.63, 3.8) is 0 Å². The van der Waals surface area contributed by atoms with Crippen LogP contribution in [0.4, 0.5) is 22.0 Å². The Bertz CT molecular complexity index is 729. The van der Waals surface area contributed by atoms with E-state index in [1.807, 2.05) is 0 Å². The average Bonchev–Trinajstić information content (AvgIpc) is 2.79. The molecule has 132 valence electrons. The second-order valence-electron chi connectivity index (χ2n) is 4.72. The lowest BCUT2D eigenvalue weighted by Crippen LogP contribution is -2.09. The van der Waals surface area contributed by atoms with Crippen molar-refractivity contribution in [1.82, 2.24) is 14.8 Å². The smallest absolute Gasteiger partial charge is 0.378 e. The largest absolute Gasteiger partial charge is 0.418 e. The number of aromatic nitrogens is 3. The Hall–Kier alpha value is -1.39. The van der Waals surface area contributed by atoms with Gasteiger partial charge in [-0.05, 0) is 17.8 Å². The van der Waals surface area contributed by atoms with Gasteiger partial charge in [-0.15, -0.1) is 0 Å². The lowest BCUT2D eigenvalue weighted by atomic mass is 10.2. The number of hydrogen-bond donors (Lipinski definition) is 0. The lowest BCUT2D eigenvalue weighted by molar-refractivity contribution is -0.137. The normalized spacial score (nSPS) is 12.7. The highest BCUT2D eigenvalue weighted by atomic mass is 35.5. The van der Waals surface area contributed by atoms with E-state index in [2.05, 4.69) is 10.1 Å². The number of nitrogens with zero attached hydrogens (tertiary/aromatic N) is 3. The molecule has 4 nitrogen and oxygen atoms in total. The molecule has 24 heavy (non-hydrogen) atoms. The third kappa shape index (κ3) is 4.37. The summed E-state index contributed by atoms with van der Waals surface area (Å²) in [6.07, 6.45) is -2.61. The fourth-order valence-corrected chi connectivity index (χ4v) is 2.89. The van der Waals surface area contributed by atoms with Crippen LogP contribution in [0.2, 0.25) is 5.02 Å². The topological polar surface area (TPSA) is 39.9 Å². The molecule has 2 aromatic rings. The number of ether oxygens (including phenoxy) is 1. The molecule has 0 radical (unpaired) electrons. The number of methoxy groups -OCH3 is 1. The van der Waals surface area contributed by atoms with Crippen LogP contribution in [-0.2, 0) is 17.5 Å². The molecule has 0 aliphatic carbocycles. The highest BCUT2D eigenvalue weighted by molar-refractivity contribution is 8.00. The lowest BCUT2D eigenvalue weighted by Gasteiger charge is -2.11. The van der Waals surface area contributed by atoms with E-state index in [9.17, 15) is 22.0 Å². The van der Waals surface area contributed by atoms with Crippen molar-refractivity contribution in [2.45, 2.75) is 29.9 Å². The Morgan fingerprint density at radius 1 is 1.29 bits per heavy atom. The molecule has 0 aliphatic heterocycles. The van der Waals surface area contributed by atoms with Crippen LogP contribution in [-0.4, -0.2) is 27.1 Å². The first-order valence-corrected chi connectivity index (χ1v) is 7.58. The van der Waals surface area contributed by atoms with E-state index in [4.69, 9.17) is 16.3 Å². The molecule has 2 aromatic heterocycles. The maximum atomic E-state index is 13.2. The fraction of sp³-hybridized carbons (Fsp3) is 0.385. The second-order valence-corrected chi connectivity index (χ2v) is 6.46. The van der Waals surface area contributed by atoms with Crippen LogP contribution in [0, 0.1) is 0 Å². The van der Waals surface area contributed by atoms with Gasteiger partial charge in [0.05, 0.1) is 22.1 Å². The summed E-state index contributed by atoms with van der Waals surface area (Å²) in [6.45, 7) is 0.600. The average molecular weight is 388 g/mol. The van der Waals surface area contributed by atoms with Crippen molar-refractivity contribution >= 4 is 23.4 Å². The summed E-state index contributed by atoms with van der Waals surface area (Å²) in [6, 6.07) is 0.723. The third-order valence-electron chi connectivity index (χ3n) is 2.72. The molecule has 0 aromatic carbocycles. The number of pyridine rings is 1. The van der Waals surface area contributed by atoms with Crippen LogP contribution < -0.4 is 0 Å². The van der Waals surface area contributed by atoms with E-state index in [1.165, 1.54) is 7.11 Å².